The number of amides is 1. The van der Waals surface area contributed by atoms with Gasteiger partial charge in [-0.15, -0.1) is 0 Å². The van der Waals surface area contributed by atoms with Crippen molar-refractivity contribution in [2.75, 3.05) is 26.3 Å². The van der Waals surface area contributed by atoms with Gasteiger partial charge in [0.2, 0.25) is 5.91 Å². The molecule has 1 saturated heterocycles. The SMILES string of the molecule is O=C(C[C@H]1CCCc2c1cnn2-c1ccccc1)N1CCOCC1. The Labute approximate surface area is 142 Å². The summed E-state index contributed by atoms with van der Waals surface area (Å²) in [5.41, 5.74) is 3.62. The molecule has 126 valence electrons. The molecule has 0 bridgehead atoms. The number of fused-ring (bicyclic) bond motifs is 1. The molecule has 4 rings (SSSR count). The number of ether oxygens (including phenoxy) is 1. The van der Waals surface area contributed by atoms with Crippen LogP contribution in [0.3, 0.4) is 0 Å². The zero-order chi connectivity index (χ0) is 16.4. The first kappa shape index (κ1) is 15.4. The number of para-hydroxylation sites is 1. The Morgan fingerprint density at radius 2 is 2.00 bits per heavy atom. The third-order valence-electron chi connectivity index (χ3n) is 5.09. The van der Waals surface area contributed by atoms with Gasteiger partial charge in [0.05, 0.1) is 25.1 Å². The third-order valence-corrected chi connectivity index (χ3v) is 5.09. The largest absolute Gasteiger partial charge is 0.378 e. The normalized spacial score (nSPS) is 20.7. The van der Waals surface area contributed by atoms with Crippen LogP contribution in [0.2, 0.25) is 0 Å². The van der Waals surface area contributed by atoms with Crippen LogP contribution in [-0.2, 0) is 16.0 Å². The van der Waals surface area contributed by atoms with Crippen LogP contribution in [0.5, 0.6) is 0 Å². The summed E-state index contributed by atoms with van der Waals surface area (Å²) in [5.74, 6) is 0.546. The van der Waals surface area contributed by atoms with Gasteiger partial charge in [-0.1, -0.05) is 18.2 Å². The number of morpholine rings is 1. The van der Waals surface area contributed by atoms with Crippen molar-refractivity contribution >= 4 is 5.91 Å². The minimum Gasteiger partial charge on any atom is -0.378 e. The quantitative estimate of drug-likeness (QED) is 0.871. The van der Waals surface area contributed by atoms with Gasteiger partial charge in [0.15, 0.2) is 0 Å². The molecular weight excluding hydrogens is 302 g/mol. The van der Waals surface area contributed by atoms with Crippen molar-refractivity contribution in [3.05, 3.63) is 47.8 Å². The van der Waals surface area contributed by atoms with Crippen LogP contribution in [0.25, 0.3) is 5.69 Å². The molecule has 1 aromatic heterocycles. The number of carbonyl (C=O) groups excluding carboxylic acids is 1. The van der Waals surface area contributed by atoms with Gasteiger partial charge in [0.1, 0.15) is 0 Å². The first-order valence-corrected chi connectivity index (χ1v) is 8.80. The van der Waals surface area contributed by atoms with Crippen molar-refractivity contribution < 1.29 is 9.53 Å². The molecule has 5 nitrogen and oxygen atoms in total. The maximum absolute atomic E-state index is 12.6. The highest BCUT2D eigenvalue weighted by molar-refractivity contribution is 5.77. The van der Waals surface area contributed by atoms with Crippen LogP contribution in [0.1, 0.15) is 36.4 Å². The Morgan fingerprint density at radius 1 is 1.21 bits per heavy atom. The van der Waals surface area contributed by atoms with E-state index in [1.165, 1.54) is 11.3 Å². The van der Waals surface area contributed by atoms with E-state index in [0.29, 0.717) is 25.6 Å². The summed E-state index contributed by atoms with van der Waals surface area (Å²) in [6.45, 7) is 2.77. The van der Waals surface area contributed by atoms with Gasteiger partial charge in [-0.2, -0.15) is 5.10 Å². The van der Waals surface area contributed by atoms with E-state index in [-0.39, 0.29) is 5.91 Å². The number of benzene rings is 1. The summed E-state index contributed by atoms with van der Waals surface area (Å²) in [7, 11) is 0. The van der Waals surface area contributed by atoms with Crippen LogP contribution >= 0.6 is 0 Å². The highest BCUT2D eigenvalue weighted by atomic mass is 16.5. The summed E-state index contributed by atoms with van der Waals surface area (Å²) < 4.78 is 7.38. The molecule has 1 fully saturated rings. The molecule has 0 radical (unpaired) electrons. The van der Waals surface area contributed by atoms with Crippen LogP contribution in [0.4, 0.5) is 0 Å². The number of aromatic nitrogens is 2. The van der Waals surface area contributed by atoms with E-state index in [1.807, 2.05) is 34.0 Å². The lowest BCUT2D eigenvalue weighted by Crippen LogP contribution is -2.41. The average Bonchev–Trinajstić information content (AvgIpc) is 3.08. The molecule has 0 spiro atoms. The zero-order valence-electron chi connectivity index (χ0n) is 13.9. The molecule has 0 N–H and O–H groups in total. The summed E-state index contributed by atoms with van der Waals surface area (Å²) in [5, 5.41) is 4.61. The van der Waals surface area contributed by atoms with Crippen molar-refractivity contribution in [2.24, 2.45) is 0 Å². The highest BCUT2D eigenvalue weighted by Gasteiger charge is 2.28. The molecular formula is C19H23N3O2. The highest BCUT2D eigenvalue weighted by Crippen LogP contribution is 2.35. The summed E-state index contributed by atoms with van der Waals surface area (Å²) in [6.07, 6.45) is 5.79. The Hall–Kier alpha value is -2.14. The lowest BCUT2D eigenvalue weighted by molar-refractivity contribution is -0.135. The number of carbonyl (C=O) groups is 1. The van der Waals surface area contributed by atoms with Crippen LogP contribution < -0.4 is 0 Å². The second-order valence-electron chi connectivity index (χ2n) is 6.58. The minimum absolute atomic E-state index is 0.253. The number of hydrogen-bond donors (Lipinski definition) is 0. The number of nitrogens with zero attached hydrogens (tertiary/aromatic N) is 3. The lowest BCUT2D eigenvalue weighted by atomic mass is 9.84. The Balaban J connectivity index is 1.54. The van der Waals surface area contributed by atoms with Gasteiger partial charge in [0, 0.05) is 25.2 Å². The summed E-state index contributed by atoms with van der Waals surface area (Å²) in [6, 6.07) is 10.2. The second-order valence-corrected chi connectivity index (χ2v) is 6.58. The molecule has 1 aliphatic carbocycles. The van der Waals surface area contributed by atoms with Gasteiger partial charge in [-0.25, -0.2) is 4.68 Å². The Kier molecular flexibility index (Phi) is 4.34. The van der Waals surface area contributed by atoms with Crippen molar-refractivity contribution in [3.63, 3.8) is 0 Å². The molecule has 24 heavy (non-hydrogen) atoms. The fourth-order valence-electron chi connectivity index (χ4n) is 3.81. The maximum Gasteiger partial charge on any atom is 0.223 e. The first-order valence-electron chi connectivity index (χ1n) is 8.80. The molecule has 1 atom stereocenters. The topological polar surface area (TPSA) is 47.4 Å². The molecule has 1 aromatic carbocycles. The van der Waals surface area contributed by atoms with Crippen molar-refractivity contribution in [1.82, 2.24) is 14.7 Å². The summed E-state index contributed by atoms with van der Waals surface area (Å²) >= 11 is 0. The Bertz CT molecular complexity index is 705. The smallest absolute Gasteiger partial charge is 0.223 e. The van der Waals surface area contributed by atoms with Gasteiger partial charge in [-0.3, -0.25) is 4.79 Å². The third kappa shape index (κ3) is 2.96. The van der Waals surface area contributed by atoms with E-state index >= 15 is 0 Å². The molecule has 2 aromatic rings. The predicted molar refractivity (Wildman–Crippen MR) is 91.3 cm³/mol. The van der Waals surface area contributed by atoms with E-state index in [2.05, 4.69) is 17.2 Å². The van der Waals surface area contributed by atoms with Gasteiger partial charge >= 0.3 is 0 Å². The van der Waals surface area contributed by atoms with E-state index in [0.717, 1.165) is 38.0 Å². The van der Waals surface area contributed by atoms with E-state index in [9.17, 15) is 4.79 Å². The number of rotatable bonds is 3. The van der Waals surface area contributed by atoms with E-state index in [4.69, 9.17) is 4.74 Å². The molecule has 2 heterocycles. The molecule has 1 amide bonds. The first-order chi connectivity index (χ1) is 11.8. The molecule has 5 heteroatoms. The zero-order valence-corrected chi connectivity index (χ0v) is 13.9. The minimum atomic E-state index is 0.253. The fraction of sp³-hybridized carbons (Fsp3) is 0.474. The van der Waals surface area contributed by atoms with Crippen molar-refractivity contribution in [3.8, 4) is 5.69 Å². The van der Waals surface area contributed by atoms with Crippen molar-refractivity contribution in [2.45, 2.75) is 31.6 Å². The second kappa shape index (κ2) is 6.77. The molecule has 1 aliphatic heterocycles. The van der Waals surface area contributed by atoms with Gasteiger partial charge in [0.25, 0.3) is 0 Å². The predicted octanol–water partition coefficient (Wildman–Crippen LogP) is 2.54. The standard InChI is InChI=1S/C19H23N3O2/c23-19(21-9-11-24-12-10-21)13-15-5-4-8-18-17(15)14-20-22(18)16-6-2-1-3-7-16/h1-3,6-7,14-15H,4-5,8-13H2/t15-/m1/s1. The van der Waals surface area contributed by atoms with Crippen LogP contribution in [-0.4, -0.2) is 46.9 Å². The fourth-order valence-corrected chi connectivity index (χ4v) is 3.81. The molecule has 2 aliphatic rings. The van der Waals surface area contributed by atoms with Crippen molar-refractivity contribution in [1.29, 1.82) is 0 Å². The number of hydrogen-bond acceptors (Lipinski definition) is 3. The maximum atomic E-state index is 12.6. The van der Waals surface area contributed by atoms with Gasteiger partial charge < -0.3 is 9.64 Å². The average molecular weight is 325 g/mol. The van der Waals surface area contributed by atoms with E-state index < -0.39 is 0 Å². The molecule has 0 unspecified atom stereocenters. The Morgan fingerprint density at radius 3 is 2.79 bits per heavy atom. The molecule has 0 saturated carbocycles. The van der Waals surface area contributed by atoms with Crippen LogP contribution in [0, 0.1) is 0 Å². The lowest BCUT2D eigenvalue weighted by Gasteiger charge is -2.29. The van der Waals surface area contributed by atoms with Crippen LogP contribution in [0.15, 0.2) is 36.5 Å². The van der Waals surface area contributed by atoms with E-state index in [1.54, 1.807) is 0 Å². The monoisotopic (exact) mass is 325 g/mol. The summed E-state index contributed by atoms with van der Waals surface area (Å²) in [4.78, 5) is 14.5. The van der Waals surface area contributed by atoms with Gasteiger partial charge in [-0.05, 0) is 42.9 Å².